The average molecular weight is 292 g/mol. The molecule has 0 bridgehead atoms. The van der Waals surface area contributed by atoms with Crippen molar-refractivity contribution in [2.45, 2.75) is 24.0 Å². The standard InChI is InChI=1S/C10H13FN2O5S/c1-10(16,5-8(14)15)6-13-19(17,18)9-7(11)3-2-4-12-9/h2-4,13,16H,5-6H2,1H3,(H,14,15). The van der Waals surface area contributed by atoms with E-state index in [2.05, 4.69) is 4.98 Å². The summed E-state index contributed by atoms with van der Waals surface area (Å²) in [6.45, 7) is 0.579. The van der Waals surface area contributed by atoms with Crippen LogP contribution in [0.1, 0.15) is 13.3 Å². The summed E-state index contributed by atoms with van der Waals surface area (Å²) < 4.78 is 38.6. The molecule has 0 spiro atoms. The molecule has 0 saturated heterocycles. The lowest BCUT2D eigenvalue weighted by molar-refractivity contribution is -0.141. The van der Waals surface area contributed by atoms with Crippen molar-refractivity contribution < 1.29 is 27.8 Å². The second kappa shape index (κ2) is 5.59. The SMILES string of the molecule is CC(O)(CNS(=O)(=O)c1ncccc1F)CC(=O)O. The van der Waals surface area contributed by atoms with Crippen LogP contribution < -0.4 is 4.72 Å². The van der Waals surface area contributed by atoms with Crippen molar-refractivity contribution in [3.8, 4) is 0 Å². The van der Waals surface area contributed by atoms with E-state index in [1.54, 1.807) is 0 Å². The molecule has 0 amide bonds. The Morgan fingerprint density at radius 3 is 2.74 bits per heavy atom. The van der Waals surface area contributed by atoms with Gasteiger partial charge in [-0.1, -0.05) is 0 Å². The highest BCUT2D eigenvalue weighted by Gasteiger charge is 2.28. The molecule has 0 fully saturated rings. The first-order chi connectivity index (χ1) is 8.64. The Hall–Kier alpha value is -1.58. The summed E-state index contributed by atoms with van der Waals surface area (Å²) in [6, 6.07) is 2.16. The van der Waals surface area contributed by atoms with Crippen LogP contribution in [-0.4, -0.2) is 41.7 Å². The fraction of sp³-hybridized carbons (Fsp3) is 0.400. The maximum Gasteiger partial charge on any atom is 0.306 e. The molecule has 0 radical (unpaired) electrons. The van der Waals surface area contributed by atoms with Gasteiger partial charge in [0.15, 0.2) is 5.82 Å². The highest BCUT2D eigenvalue weighted by Crippen LogP contribution is 2.12. The van der Waals surface area contributed by atoms with Crippen LogP contribution >= 0.6 is 0 Å². The first-order valence-electron chi connectivity index (χ1n) is 5.18. The molecule has 1 heterocycles. The van der Waals surface area contributed by atoms with Crippen LogP contribution in [0.15, 0.2) is 23.4 Å². The van der Waals surface area contributed by atoms with E-state index in [1.165, 1.54) is 6.07 Å². The van der Waals surface area contributed by atoms with E-state index in [9.17, 15) is 22.7 Å². The summed E-state index contributed by atoms with van der Waals surface area (Å²) in [5, 5.41) is 17.4. The first-order valence-corrected chi connectivity index (χ1v) is 6.67. The molecule has 9 heteroatoms. The van der Waals surface area contributed by atoms with Crippen molar-refractivity contribution in [3.63, 3.8) is 0 Å². The third kappa shape index (κ3) is 4.54. The predicted molar refractivity (Wildman–Crippen MR) is 62.3 cm³/mol. The molecule has 1 rings (SSSR count). The molecule has 106 valence electrons. The van der Waals surface area contributed by atoms with E-state index in [4.69, 9.17) is 5.11 Å². The Bertz CT molecular complexity index is 573. The largest absolute Gasteiger partial charge is 0.481 e. The average Bonchev–Trinajstić information content (AvgIpc) is 2.25. The van der Waals surface area contributed by atoms with Gasteiger partial charge in [0.05, 0.1) is 12.0 Å². The third-order valence-electron chi connectivity index (χ3n) is 2.15. The van der Waals surface area contributed by atoms with Crippen LogP contribution in [-0.2, 0) is 14.8 Å². The van der Waals surface area contributed by atoms with Gasteiger partial charge in [-0.2, -0.15) is 0 Å². The molecule has 0 saturated carbocycles. The molecule has 1 aromatic rings. The Balaban J connectivity index is 2.82. The van der Waals surface area contributed by atoms with E-state index in [1.807, 2.05) is 4.72 Å². The Morgan fingerprint density at radius 2 is 2.21 bits per heavy atom. The lowest BCUT2D eigenvalue weighted by Gasteiger charge is -2.21. The number of hydrogen-bond acceptors (Lipinski definition) is 5. The Morgan fingerprint density at radius 1 is 1.58 bits per heavy atom. The molecule has 3 N–H and O–H groups in total. The molecular formula is C10H13FN2O5S. The molecular weight excluding hydrogens is 279 g/mol. The number of aliphatic carboxylic acids is 1. The molecule has 1 aromatic heterocycles. The van der Waals surface area contributed by atoms with E-state index in [0.717, 1.165) is 19.2 Å². The van der Waals surface area contributed by atoms with Gasteiger partial charge in [-0.05, 0) is 19.1 Å². The van der Waals surface area contributed by atoms with Crippen LogP contribution in [0.5, 0.6) is 0 Å². The molecule has 1 atom stereocenters. The summed E-state index contributed by atoms with van der Waals surface area (Å²) >= 11 is 0. The number of sulfonamides is 1. The van der Waals surface area contributed by atoms with Gasteiger partial charge in [-0.3, -0.25) is 4.79 Å². The van der Waals surface area contributed by atoms with E-state index < -0.39 is 45.4 Å². The van der Waals surface area contributed by atoms with Gasteiger partial charge in [0.25, 0.3) is 10.0 Å². The number of pyridine rings is 1. The smallest absolute Gasteiger partial charge is 0.306 e. The molecule has 0 aromatic carbocycles. The molecule has 0 aliphatic heterocycles. The zero-order valence-corrected chi connectivity index (χ0v) is 10.8. The quantitative estimate of drug-likeness (QED) is 0.664. The molecule has 19 heavy (non-hydrogen) atoms. The maximum absolute atomic E-state index is 13.3. The predicted octanol–water partition coefficient (Wildman–Crippen LogP) is -0.275. The van der Waals surface area contributed by atoms with Gasteiger partial charge in [0.2, 0.25) is 5.03 Å². The summed E-state index contributed by atoms with van der Waals surface area (Å²) in [5.41, 5.74) is -1.79. The molecule has 7 nitrogen and oxygen atoms in total. The molecule has 0 aliphatic carbocycles. The maximum atomic E-state index is 13.3. The number of aromatic nitrogens is 1. The lowest BCUT2D eigenvalue weighted by Crippen LogP contribution is -2.42. The molecule has 1 unspecified atom stereocenters. The van der Waals surface area contributed by atoms with E-state index in [-0.39, 0.29) is 0 Å². The number of carboxylic acid groups (broad SMARTS) is 1. The second-order valence-corrected chi connectivity index (χ2v) is 5.86. The van der Waals surface area contributed by atoms with Gasteiger partial charge in [0.1, 0.15) is 0 Å². The van der Waals surface area contributed by atoms with Crippen molar-refractivity contribution in [3.05, 3.63) is 24.1 Å². The van der Waals surface area contributed by atoms with Crippen LogP contribution in [0.2, 0.25) is 0 Å². The zero-order chi connectivity index (χ0) is 14.7. The zero-order valence-electron chi connectivity index (χ0n) is 10.00. The van der Waals surface area contributed by atoms with Gasteiger partial charge >= 0.3 is 5.97 Å². The molecule has 0 aliphatic rings. The summed E-state index contributed by atoms with van der Waals surface area (Å²) in [6.07, 6.45) is 0.452. The van der Waals surface area contributed by atoms with E-state index in [0.29, 0.717) is 0 Å². The van der Waals surface area contributed by atoms with Gasteiger partial charge in [0, 0.05) is 12.7 Å². The minimum Gasteiger partial charge on any atom is -0.481 e. The van der Waals surface area contributed by atoms with Crippen molar-refractivity contribution >= 4 is 16.0 Å². The van der Waals surface area contributed by atoms with Crippen LogP contribution in [0.4, 0.5) is 4.39 Å². The Kier molecular flexibility index (Phi) is 4.56. The minimum absolute atomic E-state index is 0.572. The highest BCUT2D eigenvalue weighted by atomic mass is 32.2. The summed E-state index contributed by atoms with van der Waals surface area (Å²) in [7, 11) is -4.25. The van der Waals surface area contributed by atoms with Crippen molar-refractivity contribution in [1.29, 1.82) is 0 Å². The van der Waals surface area contributed by atoms with Crippen LogP contribution in [0, 0.1) is 5.82 Å². The number of hydrogen-bond donors (Lipinski definition) is 3. The number of aliphatic hydroxyl groups is 1. The van der Waals surface area contributed by atoms with E-state index >= 15 is 0 Å². The summed E-state index contributed by atoms with van der Waals surface area (Å²) in [4.78, 5) is 13.8. The normalized spacial score (nSPS) is 14.9. The second-order valence-electron chi connectivity index (χ2n) is 4.18. The van der Waals surface area contributed by atoms with Crippen LogP contribution in [0.25, 0.3) is 0 Å². The topological polar surface area (TPSA) is 117 Å². The van der Waals surface area contributed by atoms with Crippen molar-refractivity contribution in [1.82, 2.24) is 9.71 Å². The number of rotatable bonds is 6. The number of nitrogens with one attached hydrogen (secondary N) is 1. The van der Waals surface area contributed by atoms with Crippen molar-refractivity contribution in [2.24, 2.45) is 0 Å². The van der Waals surface area contributed by atoms with Gasteiger partial charge < -0.3 is 10.2 Å². The van der Waals surface area contributed by atoms with Gasteiger partial charge in [-0.15, -0.1) is 0 Å². The summed E-state index contributed by atoms with van der Waals surface area (Å²) in [5.74, 6) is -2.32. The highest BCUT2D eigenvalue weighted by molar-refractivity contribution is 7.89. The van der Waals surface area contributed by atoms with Gasteiger partial charge in [-0.25, -0.2) is 22.5 Å². The fourth-order valence-corrected chi connectivity index (χ4v) is 2.44. The number of nitrogens with zero attached hydrogens (tertiary/aromatic N) is 1. The lowest BCUT2D eigenvalue weighted by atomic mass is 10.0. The number of halogens is 1. The van der Waals surface area contributed by atoms with Crippen LogP contribution in [0.3, 0.4) is 0 Å². The fourth-order valence-electron chi connectivity index (χ4n) is 1.28. The number of carboxylic acids is 1. The Labute approximate surface area is 109 Å². The van der Waals surface area contributed by atoms with Crippen molar-refractivity contribution in [2.75, 3.05) is 6.54 Å². The number of carbonyl (C=O) groups is 1. The monoisotopic (exact) mass is 292 g/mol. The minimum atomic E-state index is -4.25. The first kappa shape index (κ1) is 15.5. The third-order valence-corrected chi connectivity index (χ3v) is 3.49.